The summed E-state index contributed by atoms with van der Waals surface area (Å²) in [5.74, 6) is 1.04. The van der Waals surface area contributed by atoms with Gasteiger partial charge in [0.25, 0.3) is 0 Å². The normalized spacial score (nSPS) is 12.2. The minimum atomic E-state index is 0.991. The van der Waals surface area contributed by atoms with E-state index >= 15 is 0 Å². The molecule has 2 aromatic carbocycles. The summed E-state index contributed by atoms with van der Waals surface area (Å²) >= 11 is 0. The highest BCUT2D eigenvalue weighted by Gasteiger charge is 2.29. The maximum atomic E-state index is 5.07. The van der Waals surface area contributed by atoms with Gasteiger partial charge in [0.05, 0.1) is 18.8 Å². The molecule has 0 spiro atoms. The molecule has 1 heterocycles. The predicted molar refractivity (Wildman–Crippen MR) is 93.3 cm³/mol. The van der Waals surface area contributed by atoms with Crippen LogP contribution in [0.2, 0.25) is 0 Å². The van der Waals surface area contributed by atoms with E-state index in [1.54, 1.807) is 0 Å². The van der Waals surface area contributed by atoms with Crippen molar-refractivity contribution in [2.45, 2.75) is 27.2 Å². The number of hydrogen-bond acceptors (Lipinski definition) is 1. The second kappa shape index (κ2) is 5.02. The molecule has 0 radical (unpaired) electrons. The summed E-state index contributed by atoms with van der Waals surface area (Å²) in [7, 11) is 2.10. The fraction of sp³-hybridized carbons (Fsp3) is 0.238. The lowest BCUT2D eigenvalue weighted by Gasteiger charge is -2.06. The van der Waals surface area contributed by atoms with Crippen LogP contribution >= 0.6 is 0 Å². The third-order valence-electron chi connectivity index (χ3n) is 4.87. The number of hydrogen-bond donors (Lipinski definition) is 0. The summed E-state index contributed by atoms with van der Waals surface area (Å²) in [6, 6.07) is 13.1. The fourth-order valence-corrected chi connectivity index (χ4v) is 3.55. The van der Waals surface area contributed by atoms with Crippen LogP contribution in [0.3, 0.4) is 0 Å². The molecule has 0 saturated heterocycles. The van der Waals surface area contributed by atoms with Gasteiger partial charge in [0.15, 0.2) is 5.69 Å². The average molecular weight is 301 g/mol. The molecule has 1 aliphatic rings. The standard InChI is InChI=1S/C21H21N2/c1-13-8-9-15(3)19(10-13)21-22-20-16(12-23(21)4)11-18-14(2)6-5-7-17(18)20/h5-10,12H,11H2,1-4H3/q+1. The lowest BCUT2D eigenvalue weighted by Crippen LogP contribution is -2.33. The van der Waals surface area contributed by atoms with Crippen molar-refractivity contribution in [3.05, 3.63) is 70.4 Å². The van der Waals surface area contributed by atoms with Crippen LogP contribution < -0.4 is 4.57 Å². The molecule has 1 aliphatic carbocycles. The average Bonchev–Trinajstić information content (AvgIpc) is 2.88. The minimum absolute atomic E-state index is 0.991. The topological polar surface area (TPSA) is 16.8 Å². The zero-order valence-electron chi connectivity index (χ0n) is 14.1. The van der Waals surface area contributed by atoms with Gasteiger partial charge in [0.2, 0.25) is 0 Å². The van der Waals surface area contributed by atoms with Gasteiger partial charge in [0.1, 0.15) is 0 Å². The van der Waals surface area contributed by atoms with E-state index in [0.717, 1.165) is 17.9 Å². The summed E-state index contributed by atoms with van der Waals surface area (Å²) in [6.45, 7) is 6.48. The van der Waals surface area contributed by atoms with E-state index in [9.17, 15) is 0 Å². The van der Waals surface area contributed by atoms with E-state index in [2.05, 4.69) is 75.0 Å². The smallest absolute Gasteiger partial charge is 0.233 e. The van der Waals surface area contributed by atoms with Gasteiger partial charge in [-0.15, -0.1) is 0 Å². The van der Waals surface area contributed by atoms with Crippen LogP contribution in [0, 0.1) is 20.8 Å². The predicted octanol–water partition coefficient (Wildman–Crippen LogP) is 4.07. The summed E-state index contributed by atoms with van der Waals surface area (Å²) in [6.07, 6.45) is 3.24. The summed E-state index contributed by atoms with van der Waals surface area (Å²) in [5.41, 5.74) is 10.3. The monoisotopic (exact) mass is 301 g/mol. The van der Waals surface area contributed by atoms with Crippen LogP contribution in [0.15, 0.2) is 42.6 Å². The number of nitrogens with zero attached hydrogens (tertiary/aromatic N) is 2. The molecule has 0 atom stereocenters. The van der Waals surface area contributed by atoms with Crippen molar-refractivity contribution in [1.82, 2.24) is 4.98 Å². The van der Waals surface area contributed by atoms with Crippen molar-refractivity contribution in [1.29, 1.82) is 0 Å². The molecule has 0 saturated carbocycles. The molecular formula is C21H21N2+. The van der Waals surface area contributed by atoms with E-state index in [1.807, 2.05) is 0 Å². The molecule has 4 rings (SSSR count). The minimum Gasteiger partial charge on any atom is -0.233 e. The first-order valence-corrected chi connectivity index (χ1v) is 8.10. The Morgan fingerprint density at radius 2 is 1.78 bits per heavy atom. The van der Waals surface area contributed by atoms with Gasteiger partial charge in [0, 0.05) is 17.5 Å². The molecular weight excluding hydrogens is 280 g/mol. The third kappa shape index (κ3) is 2.17. The van der Waals surface area contributed by atoms with Crippen molar-refractivity contribution >= 4 is 0 Å². The van der Waals surface area contributed by atoms with Gasteiger partial charge in [-0.3, -0.25) is 0 Å². The molecule has 0 amide bonds. The molecule has 3 aromatic rings. The summed E-state index contributed by atoms with van der Waals surface area (Å²) < 4.78 is 2.17. The first-order valence-electron chi connectivity index (χ1n) is 8.10. The molecule has 0 bridgehead atoms. The van der Waals surface area contributed by atoms with E-state index in [0.29, 0.717) is 0 Å². The van der Waals surface area contributed by atoms with E-state index in [4.69, 9.17) is 4.98 Å². The van der Waals surface area contributed by atoms with Crippen LogP contribution in [0.25, 0.3) is 22.6 Å². The van der Waals surface area contributed by atoms with Gasteiger partial charge in [-0.2, -0.15) is 0 Å². The van der Waals surface area contributed by atoms with Crippen molar-refractivity contribution in [2.24, 2.45) is 7.05 Å². The van der Waals surface area contributed by atoms with Gasteiger partial charge in [-0.1, -0.05) is 35.9 Å². The highest BCUT2D eigenvalue weighted by molar-refractivity contribution is 5.75. The maximum Gasteiger partial charge on any atom is 0.331 e. The molecule has 2 heteroatoms. The van der Waals surface area contributed by atoms with Crippen molar-refractivity contribution < 1.29 is 4.57 Å². The highest BCUT2D eigenvalue weighted by atomic mass is 15.0. The zero-order valence-corrected chi connectivity index (χ0v) is 14.1. The molecule has 0 fully saturated rings. The number of fused-ring (bicyclic) bond motifs is 3. The second-order valence-corrected chi connectivity index (χ2v) is 6.65. The molecule has 0 aliphatic heterocycles. The number of rotatable bonds is 1. The summed E-state index contributed by atoms with van der Waals surface area (Å²) in [4.78, 5) is 5.07. The lowest BCUT2D eigenvalue weighted by atomic mass is 10.0. The highest BCUT2D eigenvalue weighted by Crippen LogP contribution is 2.37. The van der Waals surface area contributed by atoms with Crippen LogP contribution in [0.4, 0.5) is 0 Å². The van der Waals surface area contributed by atoms with Crippen LogP contribution in [0.5, 0.6) is 0 Å². The Balaban J connectivity index is 1.96. The molecule has 0 unspecified atom stereocenters. The third-order valence-corrected chi connectivity index (χ3v) is 4.87. The first-order chi connectivity index (χ1) is 11.0. The Bertz CT molecular complexity index is 939. The quantitative estimate of drug-likeness (QED) is 0.484. The zero-order chi connectivity index (χ0) is 16.1. The Morgan fingerprint density at radius 1 is 0.957 bits per heavy atom. The molecule has 2 nitrogen and oxygen atoms in total. The molecule has 1 aromatic heterocycles. The number of aromatic nitrogens is 2. The number of aryl methyl sites for hydroxylation is 4. The van der Waals surface area contributed by atoms with Gasteiger partial charge in [-0.25, -0.2) is 4.57 Å². The van der Waals surface area contributed by atoms with Crippen molar-refractivity contribution in [2.75, 3.05) is 0 Å². The van der Waals surface area contributed by atoms with Crippen molar-refractivity contribution in [3.8, 4) is 22.6 Å². The molecule has 0 N–H and O–H groups in total. The van der Waals surface area contributed by atoms with Gasteiger partial charge in [-0.05, 0) is 48.5 Å². The summed E-state index contributed by atoms with van der Waals surface area (Å²) in [5, 5.41) is 0. The Labute approximate surface area is 137 Å². The van der Waals surface area contributed by atoms with Crippen molar-refractivity contribution in [3.63, 3.8) is 0 Å². The van der Waals surface area contributed by atoms with Crippen LogP contribution in [-0.4, -0.2) is 4.98 Å². The van der Waals surface area contributed by atoms with E-state index in [-0.39, 0.29) is 0 Å². The SMILES string of the molecule is Cc1ccc(C)c(-c2nc3c(c[n+]2C)Cc2c(C)cccc2-3)c1. The maximum absolute atomic E-state index is 5.07. The fourth-order valence-electron chi connectivity index (χ4n) is 3.55. The largest absolute Gasteiger partial charge is 0.331 e. The Hall–Kier alpha value is -2.48. The molecule has 114 valence electrons. The van der Waals surface area contributed by atoms with Gasteiger partial charge < -0.3 is 0 Å². The first kappa shape index (κ1) is 14.1. The van der Waals surface area contributed by atoms with Gasteiger partial charge >= 0.3 is 5.82 Å². The van der Waals surface area contributed by atoms with E-state index in [1.165, 1.54) is 38.9 Å². The molecule has 23 heavy (non-hydrogen) atoms. The lowest BCUT2D eigenvalue weighted by molar-refractivity contribution is -0.663. The van der Waals surface area contributed by atoms with Crippen LogP contribution in [-0.2, 0) is 13.5 Å². The number of benzene rings is 2. The Kier molecular flexibility index (Phi) is 3.08. The second-order valence-electron chi connectivity index (χ2n) is 6.65. The van der Waals surface area contributed by atoms with E-state index < -0.39 is 0 Å². The Morgan fingerprint density at radius 3 is 2.61 bits per heavy atom. The van der Waals surface area contributed by atoms with Crippen LogP contribution in [0.1, 0.15) is 27.8 Å².